The standard InChI is InChI=1S/C20H26N2O5/c1-5-14-16(17(23)26-6-2)15(22-19(25)21-14)12-27-18(24)20(3,4)13-10-8-7-9-11-13/h7-11,14H,5-6,12H2,1-4H3,(H2,21,22,25)/t14-/m0/s1. The van der Waals surface area contributed by atoms with Gasteiger partial charge < -0.3 is 20.1 Å². The Balaban J connectivity index is 2.22. The Labute approximate surface area is 159 Å². The molecule has 2 N–H and O–H groups in total. The minimum Gasteiger partial charge on any atom is -0.463 e. The third-order valence-electron chi connectivity index (χ3n) is 4.50. The fraction of sp³-hybridized carbons (Fsp3) is 0.450. The molecular weight excluding hydrogens is 348 g/mol. The predicted octanol–water partition coefficient (Wildman–Crippen LogP) is 2.42. The van der Waals surface area contributed by atoms with Crippen molar-refractivity contribution in [3.63, 3.8) is 0 Å². The molecule has 0 aromatic heterocycles. The molecule has 0 radical (unpaired) electrons. The van der Waals surface area contributed by atoms with Gasteiger partial charge in [-0.15, -0.1) is 0 Å². The SMILES string of the molecule is CCOC(=O)C1=C(COC(=O)C(C)(C)c2ccccc2)NC(=O)N[C@H]1CC. The van der Waals surface area contributed by atoms with Gasteiger partial charge in [0.25, 0.3) is 0 Å². The van der Waals surface area contributed by atoms with Crippen LogP contribution in [0.3, 0.4) is 0 Å². The molecule has 0 bridgehead atoms. The second-order valence-corrected chi connectivity index (χ2v) is 6.74. The van der Waals surface area contributed by atoms with Crippen molar-refractivity contribution in [3.8, 4) is 0 Å². The molecule has 2 amide bonds. The minimum atomic E-state index is -0.868. The van der Waals surface area contributed by atoms with Crippen molar-refractivity contribution in [3.05, 3.63) is 47.2 Å². The van der Waals surface area contributed by atoms with Crippen LogP contribution < -0.4 is 10.6 Å². The van der Waals surface area contributed by atoms with E-state index in [2.05, 4.69) is 10.6 Å². The van der Waals surface area contributed by atoms with Gasteiger partial charge in [-0.25, -0.2) is 9.59 Å². The number of hydrogen-bond donors (Lipinski definition) is 2. The first-order chi connectivity index (χ1) is 12.8. The number of hydrogen-bond acceptors (Lipinski definition) is 5. The van der Waals surface area contributed by atoms with Crippen molar-refractivity contribution in [2.75, 3.05) is 13.2 Å². The van der Waals surface area contributed by atoms with Crippen LogP contribution in [0.5, 0.6) is 0 Å². The first kappa shape index (κ1) is 20.5. The lowest BCUT2D eigenvalue weighted by molar-refractivity contribution is -0.149. The molecule has 0 unspecified atom stereocenters. The van der Waals surface area contributed by atoms with E-state index in [1.807, 2.05) is 37.3 Å². The first-order valence-electron chi connectivity index (χ1n) is 9.01. The largest absolute Gasteiger partial charge is 0.463 e. The molecule has 1 aromatic rings. The van der Waals surface area contributed by atoms with Crippen molar-refractivity contribution in [2.45, 2.75) is 45.6 Å². The third-order valence-corrected chi connectivity index (χ3v) is 4.50. The Kier molecular flexibility index (Phi) is 6.60. The number of benzene rings is 1. The van der Waals surface area contributed by atoms with Gasteiger partial charge in [-0.2, -0.15) is 0 Å². The Bertz CT molecular complexity index is 740. The van der Waals surface area contributed by atoms with Gasteiger partial charge in [-0.05, 0) is 32.8 Å². The molecule has 7 nitrogen and oxygen atoms in total. The lowest BCUT2D eigenvalue weighted by Crippen LogP contribution is -2.51. The van der Waals surface area contributed by atoms with Crippen LogP contribution in [-0.2, 0) is 24.5 Å². The smallest absolute Gasteiger partial charge is 0.338 e. The van der Waals surface area contributed by atoms with E-state index in [0.717, 1.165) is 5.56 Å². The molecule has 0 aliphatic carbocycles. The van der Waals surface area contributed by atoms with Gasteiger partial charge in [0, 0.05) is 0 Å². The van der Waals surface area contributed by atoms with Crippen molar-refractivity contribution < 1.29 is 23.9 Å². The fourth-order valence-electron chi connectivity index (χ4n) is 2.87. The monoisotopic (exact) mass is 374 g/mol. The van der Waals surface area contributed by atoms with Gasteiger partial charge in [-0.1, -0.05) is 37.3 Å². The summed E-state index contributed by atoms with van der Waals surface area (Å²) >= 11 is 0. The molecule has 7 heteroatoms. The van der Waals surface area contributed by atoms with Crippen LogP contribution in [0.1, 0.15) is 39.7 Å². The highest BCUT2D eigenvalue weighted by atomic mass is 16.5. The molecule has 1 atom stereocenters. The number of nitrogens with one attached hydrogen (secondary N) is 2. The molecular formula is C20H26N2O5. The van der Waals surface area contributed by atoms with Crippen molar-refractivity contribution >= 4 is 18.0 Å². The lowest BCUT2D eigenvalue weighted by Gasteiger charge is -2.29. The van der Waals surface area contributed by atoms with Crippen molar-refractivity contribution in [1.29, 1.82) is 0 Å². The summed E-state index contributed by atoms with van der Waals surface area (Å²) in [5.41, 5.74) is 0.480. The van der Waals surface area contributed by atoms with Crippen LogP contribution >= 0.6 is 0 Å². The molecule has 1 heterocycles. The molecule has 0 saturated heterocycles. The maximum absolute atomic E-state index is 12.7. The molecule has 0 spiro atoms. The Morgan fingerprint density at radius 2 is 1.78 bits per heavy atom. The number of carbonyl (C=O) groups excluding carboxylic acids is 3. The molecule has 1 aliphatic heterocycles. The molecule has 27 heavy (non-hydrogen) atoms. The van der Waals surface area contributed by atoms with Crippen LogP contribution in [-0.4, -0.2) is 37.2 Å². The summed E-state index contributed by atoms with van der Waals surface area (Å²) in [7, 11) is 0. The van der Waals surface area contributed by atoms with E-state index >= 15 is 0 Å². The van der Waals surface area contributed by atoms with E-state index in [4.69, 9.17) is 9.47 Å². The zero-order valence-electron chi connectivity index (χ0n) is 16.1. The Hall–Kier alpha value is -2.83. The average molecular weight is 374 g/mol. The van der Waals surface area contributed by atoms with E-state index in [0.29, 0.717) is 6.42 Å². The van der Waals surface area contributed by atoms with E-state index in [9.17, 15) is 14.4 Å². The summed E-state index contributed by atoms with van der Waals surface area (Å²) in [6, 6.07) is 8.34. The molecule has 0 fully saturated rings. The van der Waals surface area contributed by atoms with Gasteiger partial charge in [-0.3, -0.25) is 4.79 Å². The van der Waals surface area contributed by atoms with E-state index in [1.165, 1.54) is 0 Å². The normalized spacial score (nSPS) is 17.0. The van der Waals surface area contributed by atoms with Gasteiger partial charge in [0.2, 0.25) is 0 Å². The summed E-state index contributed by atoms with van der Waals surface area (Å²) in [4.78, 5) is 36.9. The van der Waals surface area contributed by atoms with E-state index in [-0.39, 0.29) is 24.5 Å². The van der Waals surface area contributed by atoms with Gasteiger partial charge in [0.1, 0.15) is 6.61 Å². The molecule has 146 valence electrons. The number of carbonyl (C=O) groups is 3. The maximum atomic E-state index is 12.7. The van der Waals surface area contributed by atoms with Crippen LogP contribution in [0.4, 0.5) is 4.79 Å². The van der Waals surface area contributed by atoms with Gasteiger partial charge >= 0.3 is 18.0 Å². The Morgan fingerprint density at radius 3 is 2.37 bits per heavy atom. The van der Waals surface area contributed by atoms with Gasteiger partial charge in [0.05, 0.1) is 29.3 Å². The highest BCUT2D eigenvalue weighted by Crippen LogP contribution is 2.25. The summed E-state index contributed by atoms with van der Waals surface area (Å²) < 4.78 is 10.5. The quantitative estimate of drug-likeness (QED) is 0.715. The van der Waals surface area contributed by atoms with E-state index in [1.54, 1.807) is 20.8 Å². The number of ether oxygens (including phenoxy) is 2. The summed E-state index contributed by atoms with van der Waals surface area (Å²) in [5.74, 6) is -0.990. The molecule has 1 aromatic carbocycles. The molecule has 0 saturated carbocycles. The summed E-state index contributed by atoms with van der Waals surface area (Å²) in [6.45, 7) is 7.07. The van der Waals surface area contributed by atoms with Crippen LogP contribution in [0.25, 0.3) is 0 Å². The Morgan fingerprint density at radius 1 is 1.11 bits per heavy atom. The number of rotatable bonds is 7. The van der Waals surface area contributed by atoms with E-state index < -0.39 is 29.4 Å². The van der Waals surface area contributed by atoms with Crippen molar-refractivity contribution in [2.24, 2.45) is 0 Å². The molecule has 1 aliphatic rings. The number of esters is 2. The second-order valence-electron chi connectivity index (χ2n) is 6.74. The van der Waals surface area contributed by atoms with Crippen LogP contribution in [0, 0.1) is 0 Å². The highest BCUT2D eigenvalue weighted by molar-refractivity contribution is 5.95. The fourth-order valence-corrected chi connectivity index (χ4v) is 2.87. The molecule has 2 rings (SSSR count). The highest BCUT2D eigenvalue weighted by Gasteiger charge is 2.35. The third kappa shape index (κ3) is 4.67. The lowest BCUT2D eigenvalue weighted by atomic mass is 9.85. The topological polar surface area (TPSA) is 93.7 Å². The first-order valence-corrected chi connectivity index (χ1v) is 9.01. The number of amides is 2. The summed E-state index contributed by atoms with van der Waals surface area (Å²) in [6.07, 6.45) is 0.508. The minimum absolute atomic E-state index is 0.209. The maximum Gasteiger partial charge on any atom is 0.338 e. The zero-order chi connectivity index (χ0) is 20.0. The summed E-state index contributed by atoms with van der Waals surface area (Å²) in [5, 5.41) is 5.25. The van der Waals surface area contributed by atoms with Crippen molar-refractivity contribution in [1.82, 2.24) is 10.6 Å². The van der Waals surface area contributed by atoms with Gasteiger partial charge in [0.15, 0.2) is 0 Å². The van der Waals surface area contributed by atoms with Crippen LogP contribution in [0.2, 0.25) is 0 Å². The zero-order valence-corrected chi connectivity index (χ0v) is 16.1. The average Bonchev–Trinajstić information content (AvgIpc) is 2.66. The van der Waals surface area contributed by atoms with Crippen LogP contribution in [0.15, 0.2) is 41.6 Å². The second kappa shape index (κ2) is 8.70. The number of urea groups is 1. The predicted molar refractivity (Wildman–Crippen MR) is 99.8 cm³/mol.